The van der Waals surface area contributed by atoms with E-state index in [9.17, 15) is 0 Å². The van der Waals surface area contributed by atoms with Gasteiger partial charge in [-0.2, -0.15) is 0 Å². The Morgan fingerprint density at radius 3 is 1.14 bits per heavy atom. The van der Waals surface area contributed by atoms with E-state index in [-0.39, 0.29) is 17.4 Å². The second-order valence-corrected chi connectivity index (χ2v) is 0.610. The first-order valence-corrected chi connectivity index (χ1v) is 1.11. The first kappa shape index (κ1) is 9.69. The summed E-state index contributed by atoms with van der Waals surface area (Å²) in [4.78, 5) is 18.2. The Bertz CT molecular complexity index is 75.7. The maximum Gasteiger partial charge on any atom is 0.414 e. The smallest absolute Gasteiger partial charge is 0.414 e. The van der Waals surface area contributed by atoms with Crippen LogP contribution in [0.1, 0.15) is 0 Å². The van der Waals surface area contributed by atoms with E-state index in [2.05, 4.69) is 0 Å². The van der Waals surface area contributed by atoms with E-state index in [0.29, 0.717) is 0 Å². The van der Waals surface area contributed by atoms with Crippen molar-refractivity contribution in [1.82, 2.24) is 0 Å². The molecule has 0 spiro atoms. The minimum atomic E-state index is -1.82. The third-order valence-corrected chi connectivity index (χ3v) is 0.183. The molecule has 0 heterocycles. The van der Waals surface area contributed by atoms with Gasteiger partial charge in [-0.15, -0.1) is 0 Å². The quantitative estimate of drug-likeness (QED) is 0.308. The highest BCUT2D eigenvalue weighted by molar-refractivity contribution is 6.27. The lowest BCUT2D eigenvalue weighted by Gasteiger charge is -1.72. The Balaban J connectivity index is 0. The summed E-state index contributed by atoms with van der Waals surface area (Å²) in [5.74, 6) is -3.65. The fourth-order valence-corrected chi connectivity index (χ4v) is 0. The molecular formula is C2H2AlO4. The molecule has 0 rings (SSSR count). The topological polar surface area (TPSA) is 74.6 Å². The second kappa shape index (κ2) is 3.66. The zero-order valence-corrected chi connectivity index (χ0v) is 4.44. The van der Waals surface area contributed by atoms with Crippen LogP contribution in [-0.4, -0.2) is 39.5 Å². The number of hydrogen-bond donors (Lipinski definition) is 2. The lowest BCUT2D eigenvalue weighted by atomic mass is 10.7. The van der Waals surface area contributed by atoms with Crippen molar-refractivity contribution in [1.29, 1.82) is 0 Å². The van der Waals surface area contributed by atoms with Crippen LogP contribution in [0.25, 0.3) is 0 Å². The van der Waals surface area contributed by atoms with Crippen LogP contribution < -0.4 is 0 Å². The van der Waals surface area contributed by atoms with Crippen LogP contribution in [0.15, 0.2) is 0 Å². The monoisotopic (exact) mass is 117 g/mol. The van der Waals surface area contributed by atoms with E-state index in [0.717, 1.165) is 0 Å². The standard InChI is InChI=1S/C2H2O4.Al/c3-1(4)2(5)6;/h(H,3,4)(H,5,6);. The van der Waals surface area contributed by atoms with Gasteiger partial charge in [-0.05, 0) is 0 Å². The maximum atomic E-state index is 9.10. The van der Waals surface area contributed by atoms with Gasteiger partial charge < -0.3 is 10.2 Å². The zero-order chi connectivity index (χ0) is 5.15. The highest BCUT2D eigenvalue weighted by Crippen LogP contribution is 1.56. The van der Waals surface area contributed by atoms with Crippen LogP contribution in [-0.2, 0) is 9.59 Å². The van der Waals surface area contributed by atoms with Gasteiger partial charge in [0.25, 0.3) is 0 Å². The van der Waals surface area contributed by atoms with E-state index in [1.165, 1.54) is 0 Å². The molecule has 0 fully saturated rings. The van der Waals surface area contributed by atoms with Crippen molar-refractivity contribution in [2.45, 2.75) is 0 Å². The lowest BCUT2D eigenvalue weighted by molar-refractivity contribution is -0.159. The molecular weight excluding hydrogens is 115 g/mol. The number of carboxylic acid groups (broad SMARTS) is 2. The molecule has 0 aromatic carbocycles. The SMILES string of the molecule is O=C(O)C(=O)O.[Al]. The van der Waals surface area contributed by atoms with Crippen LogP contribution in [0, 0.1) is 0 Å². The summed E-state index contributed by atoms with van der Waals surface area (Å²) in [6, 6.07) is 0. The van der Waals surface area contributed by atoms with E-state index in [1.807, 2.05) is 0 Å². The highest BCUT2D eigenvalue weighted by Gasteiger charge is 2.04. The molecule has 0 bridgehead atoms. The van der Waals surface area contributed by atoms with E-state index >= 15 is 0 Å². The molecule has 0 aromatic rings. The Morgan fingerprint density at radius 1 is 1.00 bits per heavy atom. The molecule has 0 saturated heterocycles. The predicted octanol–water partition coefficient (Wildman–Crippen LogP) is -1.23. The van der Waals surface area contributed by atoms with Gasteiger partial charge in [0.2, 0.25) is 0 Å². The van der Waals surface area contributed by atoms with Gasteiger partial charge >= 0.3 is 11.9 Å². The van der Waals surface area contributed by atoms with Gasteiger partial charge in [0.1, 0.15) is 0 Å². The fourth-order valence-electron chi connectivity index (χ4n) is 0. The normalized spacial score (nSPS) is 6.29. The van der Waals surface area contributed by atoms with Crippen molar-refractivity contribution in [2.24, 2.45) is 0 Å². The van der Waals surface area contributed by atoms with Crippen molar-refractivity contribution in [3.8, 4) is 0 Å². The largest absolute Gasteiger partial charge is 0.473 e. The summed E-state index contributed by atoms with van der Waals surface area (Å²) in [6.45, 7) is 0. The number of carboxylic acids is 2. The molecule has 0 amide bonds. The highest BCUT2D eigenvalue weighted by atomic mass is 27.0. The second-order valence-electron chi connectivity index (χ2n) is 0.610. The molecule has 0 aliphatic carbocycles. The molecule has 3 radical (unpaired) electrons. The summed E-state index contributed by atoms with van der Waals surface area (Å²) in [6.07, 6.45) is 0. The average molecular weight is 117 g/mol. The fraction of sp³-hybridized carbons (Fsp3) is 0. The van der Waals surface area contributed by atoms with Crippen molar-refractivity contribution in [3.05, 3.63) is 0 Å². The van der Waals surface area contributed by atoms with E-state index in [1.54, 1.807) is 0 Å². The van der Waals surface area contributed by atoms with Crippen LogP contribution >= 0.6 is 0 Å². The summed E-state index contributed by atoms with van der Waals surface area (Å²) in [5, 5.41) is 14.8. The molecule has 0 saturated carbocycles. The number of aliphatic carboxylic acids is 2. The molecule has 0 aliphatic rings. The van der Waals surface area contributed by atoms with Crippen LogP contribution in [0.5, 0.6) is 0 Å². The van der Waals surface area contributed by atoms with Gasteiger partial charge in [0.05, 0.1) is 0 Å². The Kier molecular flexibility index (Phi) is 5.06. The third-order valence-electron chi connectivity index (χ3n) is 0.183. The first-order chi connectivity index (χ1) is 2.64. The minimum Gasteiger partial charge on any atom is -0.473 e. The summed E-state index contributed by atoms with van der Waals surface area (Å²) >= 11 is 0. The molecule has 5 heteroatoms. The molecule has 37 valence electrons. The molecule has 4 nitrogen and oxygen atoms in total. The average Bonchev–Trinajstić information content (AvgIpc) is 1.36. The molecule has 2 N–H and O–H groups in total. The Labute approximate surface area is 49.9 Å². The molecule has 0 unspecified atom stereocenters. The maximum absolute atomic E-state index is 9.10. The minimum absolute atomic E-state index is 0. The number of rotatable bonds is 0. The van der Waals surface area contributed by atoms with Gasteiger partial charge in [0, 0.05) is 17.4 Å². The summed E-state index contributed by atoms with van der Waals surface area (Å²) < 4.78 is 0. The Hall–Kier alpha value is -0.528. The lowest BCUT2D eigenvalue weighted by Crippen LogP contribution is -2.09. The van der Waals surface area contributed by atoms with Gasteiger partial charge in [-0.3, -0.25) is 0 Å². The van der Waals surface area contributed by atoms with Gasteiger partial charge in [0.15, 0.2) is 0 Å². The van der Waals surface area contributed by atoms with Crippen LogP contribution in [0.4, 0.5) is 0 Å². The molecule has 7 heavy (non-hydrogen) atoms. The van der Waals surface area contributed by atoms with Gasteiger partial charge in [-0.1, -0.05) is 0 Å². The predicted molar refractivity (Wildman–Crippen MR) is 21.0 cm³/mol. The van der Waals surface area contributed by atoms with Crippen molar-refractivity contribution in [2.75, 3.05) is 0 Å². The number of carbonyl (C=O) groups is 2. The summed E-state index contributed by atoms with van der Waals surface area (Å²) in [7, 11) is 0. The van der Waals surface area contributed by atoms with E-state index < -0.39 is 11.9 Å². The molecule has 0 aliphatic heterocycles. The first-order valence-electron chi connectivity index (χ1n) is 1.11. The molecule has 0 aromatic heterocycles. The van der Waals surface area contributed by atoms with Crippen molar-refractivity contribution in [3.63, 3.8) is 0 Å². The Morgan fingerprint density at radius 2 is 1.14 bits per heavy atom. The summed E-state index contributed by atoms with van der Waals surface area (Å²) in [5.41, 5.74) is 0. The third kappa shape index (κ3) is 5.47. The number of hydrogen-bond acceptors (Lipinski definition) is 2. The van der Waals surface area contributed by atoms with Crippen molar-refractivity contribution >= 4 is 29.3 Å². The van der Waals surface area contributed by atoms with Crippen molar-refractivity contribution < 1.29 is 19.8 Å². The van der Waals surface area contributed by atoms with Gasteiger partial charge in [-0.25, -0.2) is 9.59 Å². The van der Waals surface area contributed by atoms with Crippen LogP contribution in [0.2, 0.25) is 0 Å². The van der Waals surface area contributed by atoms with E-state index in [4.69, 9.17) is 19.8 Å². The molecule has 0 atom stereocenters. The zero-order valence-electron chi connectivity index (χ0n) is 3.29. The van der Waals surface area contributed by atoms with Crippen LogP contribution in [0.3, 0.4) is 0 Å².